The van der Waals surface area contributed by atoms with Crippen molar-refractivity contribution in [2.24, 2.45) is 0 Å². The number of nitrogens with zero attached hydrogens (tertiary/aromatic N) is 1. The first kappa shape index (κ1) is 11.6. The van der Waals surface area contributed by atoms with E-state index < -0.39 is 5.97 Å². The molecular formula is C13H10ClNO2. The lowest BCUT2D eigenvalue weighted by Crippen LogP contribution is -1.89. The molecule has 2 aromatic rings. The van der Waals surface area contributed by atoms with Crippen LogP contribution >= 0.6 is 11.6 Å². The summed E-state index contributed by atoms with van der Waals surface area (Å²) in [6.07, 6.45) is 5.09. The Bertz CT molecular complexity index is 593. The van der Waals surface area contributed by atoms with Crippen molar-refractivity contribution in [3.8, 4) is 0 Å². The standard InChI is InChI=1S/C13H10ClNO2/c14-10-4-5-11-9(2-1-3-13(16)17)6-7-15-12(11)8-10/h1-2,4-8H,3H2,(H,16,17). The summed E-state index contributed by atoms with van der Waals surface area (Å²) < 4.78 is 0. The number of carboxylic acids is 1. The summed E-state index contributed by atoms with van der Waals surface area (Å²) in [4.78, 5) is 14.6. The Morgan fingerprint density at radius 3 is 3.00 bits per heavy atom. The normalized spacial score (nSPS) is 11.1. The van der Waals surface area contributed by atoms with E-state index in [0.717, 1.165) is 16.5 Å². The van der Waals surface area contributed by atoms with Crippen LogP contribution in [0.1, 0.15) is 12.0 Å². The molecule has 3 nitrogen and oxygen atoms in total. The fourth-order valence-corrected chi connectivity index (χ4v) is 1.74. The first-order valence-electron chi connectivity index (χ1n) is 5.09. The fourth-order valence-electron chi connectivity index (χ4n) is 1.58. The predicted octanol–water partition coefficient (Wildman–Crippen LogP) is 3.38. The summed E-state index contributed by atoms with van der Waals surface area (Å²) in [5, 5.41) is 10.2. The first-order chi connectivity index (χ1) is 8.16. The van der Waals surface area contributed by atoms with Crippen LogP contribution in [-0.4, -0.2) is 16.1 Å². The molecular weight excluding hydrogens is 238 g/mol. The van der Waals surface area contributed by atoms with E-state index in [1.807, 2.05) is 12.1 Å². The summed E-state index contributed by atoms with van der Waals surface area (Å²) in [7, 11) is 0. The van der Waals surface area contributed by atoms with Gasteiger partial charge < -0.3 is 5.11 Å². The van der Waals surface area contributed by atoms with Gasteiger partial charge in [-0.1, -0.05) is 29.8 Å². The monoisotopic (exact) mass is 247 g/mol. The molecule has 0 saturated heterocycles. The van der Waals surface area contributed by atoms with Gasteiger partial charge in [0.1, 0.15) is 0 Å². The van der Waals surface area contributed by atoms with Gasteiger partial charge in [-0.2, -0.15) is 0 Å². The zero-order valence-electron chi connectivity index (χ0n) is 8.93. The van der Waals surface area contributed by atoms with Gasteiger partial charge in [0, 0.05) is 16.6 Å². The molecule has 0 aliphatic heterocycles. The van der Waals surface area contributed by atoms with E-state index in [4.69, 9.17) is 16.7 Å². The number of halogens is 1. The Labute approximate surface area is 103 Å². The van der Waals surface area contributed by atoms with Gasteiger partial charge in [-0.15, -0.1) is 0 Å². The third-order valence-electron chi connectivity index (χ3n) is 2.33. The number of carboxylic acid groups (broad SMARTS) is 1. The molecule has 1 N–H and O–H groups in total. The summed E-state index contributed by atoms with van der Waals surface area (Å²) in [5.41, 5.74) is 1.74. The van der Waals surface area contributed by atoms with Crippen LogP contribution in [-0.2, 0) is 4.79 Å². The fraction of sp³-hybridized carbons (Fsp3) is 0.0769. The van der Waals surface area contributed by atoms with Crippen molar-refractivity contribution in [1.82, 2.24) is 4.98 Å². The lowest BCUT2D eigenvalue weighted by Gasteiger charge is -2.01. The maximum Gasteiger partial charge on any atom is 0.307 e. The van der Waals surface area contributed by atoms with E-state index >= 15 is 0 Å². The average Bonchev–Trinajstić information content (AvgIpc) is 2.28. The molecule has 4 heteroatoms. The Morgan fingerprint density at radius 2 is 2.24 bits per heavy atom. The van der Waals surface area contributed by atoms with Crippen molar-refractivity contribution in [3.63, 3.8) is 0 Å². The number of hydrogen-bond acceptors (Lipinski definition) is 2. The lowest BCUT2D eigenvalue weighted by atomic mass is 10.1. The number of benzene rings is 1. The summed E-state index contributed by atoms with van der Waals surface area (Å²) >= 11 is 5.88. The zero-order chi connectivity index (χ0) is 12.3. The third kappa shape index (κ3) is 2.82. The van der Waals surface area contributed by atoms with Gasteiger partial charge in [0.25, 0.3) is 0 Å². The largest absolute Gasteiger partial charge is 0.481 e. The molecule has 0 amide bonds. The molecule has 1 aromatic heterocycles. The van der Waals surface area contributed by atoms with E-state index in [1.165, 1.54) is 0 Å². The van der Waals surface area contributed by atoms with Crippen molar-refractivity contribution in [2.45, 2.75) is 6.42 Å². The topological polar surface area (TPSA) is 50.2 Å². The highest BCUT2D eigenvalue weighted by molar-refractivity contribution is 6.31. The molecule has 1 aromatic carbocycles. The van der Waals surface area contributed by atoms with E-state index in [-0.39, 0.29) is 6.42 Å². The second-order valence-corrected chi connectivity index (χ2v) is 4.00. The van der Waals surface area contributed by atoms with Crippen LogP contribution in [0.25, 0.3) is 17.0 Å². The maximum atomic E-state index is 10.4. The molecule has 0 aliphatic rings. The molecule has 86 valence electrons. The van der Waals surface area contributed by atoms with E-state index in [2.05, 4.69) is 4.98 Å². The van der Waals surface area contributed by atoms with Crippen LogP contribution in [0, 0.1) is 0 Å². The molecule has 0 bridgehead atoms. The Kier molecular flexibility index (Phi) is 3.40. The number of hydrogen-bond donors (Lipinski definition) is 1. The Hall–Kier alpha value is -1.87. The molecule has 0 atom stereocenters. The number of aliphatic carboxylic acids is 1. The number of fused-ring (bicyclic) bond motifs is 1. The van der Waals surface area contributed by atoms with E-state index in [1.54, 1.807) is 30.5 Å². The average molecular weight is 248 g/mol. The highest BCUT2D eigenvalue weighted by Crippen LogP contribution is 2.21. The number of rotatable bonds is 3. The van der Waals surface area contributed by atoms with E-state index in [0.29, 0.717) is 5.02 Å². The minimum Gasteiger partial charge on any atom is -0.481 e. The molecule has 0 radical (unpaired) electrons. The van der Waals surface area contributed by atoms with Crippen molar-refractivity contribution in [1.29, 1.82) is 0 Å². The summed E-state index contributed by atoms with van der Waals surface area (Å²) in [6, 6.07) is 7.30. The molecule has 0 saturated carbocycles. The maximum absolute atomic E-state index is 10.4. The smallest absolute Gasteiger partial charge is 0.307 e. The third-order valence-corrected chi connectivity index (χ3v) is 2.56. The van der Waals surface area contributed by atoms with Crippen molar-refractivity contribution in [2.75, 3.05) is 0 Å². The van der Waals surface area contributed by atoms with Gasteiger partial charge >= 0.3 is 5.97 Å². The Balaban J connectivity index is 2.40. The van der Waals surface area contributed by atoms with Gasteiger partial charge in [0.05, 0.1) is 11.9 Å². The van der Waals surface area contributed by atoms with Crippen LogP contribution in [0.5, 0.6) is 0 Å². The molecule has 0 unspecified atom stereocenters. The van der Waals surface area contributed by atoms with E-state index in [9.17, 15) is 4.79 Å². The van der Waals surface area contributed by atoms with Crippen molar-refractivity contribution >= 4 is 34.5 Å². The number of pyridine rings is 1. The minimum atomic E-state index is -0.845. The van der Waals surface area contributed by atoms with Gasteiger partial charge in [-0.3, -0.25) is 9.78 Å². The highest BCUT2D eigenvalue weighted by Gasteiger charge is 2.00. The molecule has 2 rings (SSSR count). The second kappa shape index (κ2) is 4.97. The van der Waals surface area contributed by atoms with Gasteiger partial charge in [0.2, 0.25) is 0 Å². The molecule has 0 spiro atoms. The quantitative estimate of drug-likeness (QED) is 0.905. The summed E-state index contributed by atoms with van der Waals surface area (Å²) in [5.74, 6) is -0.845. The second-order valence-electron chi connectivity index (χ2n) is 3.56. The minimum absolute atomic E-state index is 0.0113. The van der Waals surface area contributed by atoms with Gasteiger partial charge in [0.15, 0.2) is 0 Å². The Morgan fingerprint density at radius 1 is 1.41 bits per heavy atom. The van der Waals surface area contributed by atoms with Crippen molar-refractivity contribution < 1.29 is 9.90 Å². The summed E-state index contributed by atoms with van der Waals surface area (Å²) in [6.45, 7) is 0. The zero-order valence-corrected chi connectivity index (χ0v) is 9.69. The van der Waals surface area contributed by atoms with Crippen LogP contribution in [0.15, 0.2) is 36.5 Å². The molecule has 0 aliphatic carbocycles. The molecule has 1 heterocycles. The number of carbonyl (C=O) groups is 1. The first-order valence-corrected chi connectivity index (χ1v) is 5.47. The number of aromatic nitrogens is 1. The van der Waals surface area contributed by atoms with Crippen LogP contribution < -0.4 is 0 Å². The van der Waals surface area contributed by atoms with Gasteiger partial charge in [-0.25, -0.2) is 0 Å². The van der Waals surface area contributed by atoms with Crippen LogP contribution in [0.3, 0.4) is 0 Å². The molecule has 17 heavy (non-hydrogen) atoms. The SMILES string of the molecule is O=C(O)CC=Cc1ccnc2cc(Cl)ccc12. The highest BCUT2D eigenvalue weighted by atomic mass is 35.5. The van der Waals surface area contributed by atoms with Crippen LogP contribution in [0.2, 0.25) is 5.02 Å². The predicted molar refractivity (Wildman–Crippen MR) is 68.0 cm³/mol. The molecule has 0 fully saturated rings. The lowest BCUT2D eigenvalue weighted by molar-refractivity contribution is -0.135. The van der Waals surface area contributed by atoms with Gasteiger partial charge in [-0.05, 0) is 23.8 Å². The van der Waals surface area contributed by atoms with Crippen LogP contribution in [0.4, 0.5) is 0 Å². The van der Waals surface area contributed by atoms with Crippen molar-refractivity contribution in [3.05, 3.63) is 47.1 Å².